The van der Waals surface area contributed by atoms with Gasteiger partial charge in [0.25, 0.3) is 0 Å². The van der Waals surface area contributed by atoms with Gasteiger partial charge in [0.15, 0.2) is 0 Å². The molecular weight excluding hydrogens is 276 g/mol. The van der Waals surface area contributed by atoms with E-state index in [1.807, 2.05) is 11.8 Å². The van der Waals surface area contributed by atoms with Gasteiger partial charge in [0.2, 0.25) is 0 Å². The number of alkyl halides is 1. The van der Waals surface area contributed by atoms with Crippen molar-refractivity contribution in [2.45, 2.75) is 39.6 Å². The molecule has 0 aliphatic carbocycles. The normalized spacial score (nSPS) is 13.1. The summed E-state index contributed by atoms with van der Waals surface area (Å²) in [5.41, 5.74) is 4.87. The van der Waals surface area contributed by atoms with E-state index in [0.29, 0.717) is 11.9 Å². The molecule has 1 unspecified atom stereocenters. The Labute approximate surface area is 124 Å². The molecule has 0 N–H and O–H groups in total. The smallest absolute Gasteiger partial charge is 0.125 e. The number of aryl methyl sites for hydroxylation is 2. The third kappa shape index (κ3) is 2.92. The first-order valence-corrected chi connectivity index (χ1v) is 8.39. The number of imidazole rings is 1. The highest BCUT2D eigenvalue weighted by Crippen LogP contribution is 2.26. The summed E-state index contributed by atoms with van der Waals surface area (Å²) >= 11 is 8.03. The number of fused-ring (bicyclic) bond motifs is 1. The Bertz CT molecular complexity index is 577. The average Bonchev–Trinajstić information content (AvgIpc) is 2.74. The van der Waals surface area contributed by atoms with Crippen LogP contribution in [0.4, 0.5) is 0 Å². The zero-order valence-electron chi connectivity index (χ0n) is 12.0. The molecule has 0 radical (unpaired) electrons. The molecule has 0 aliphatic heterocycles. The topological polar surface area (TPSA) is 17.8 Å². The first kappa shape index (κ1) is 14.7. The van der Waals surface area contributed by atoms with Crippen LogP contribution in [0.3, 0.4) is 0 Å². The van der Waals surface area contributed by atoms with Crippen LogP contribution in [0.1, 0.15) is 36.8 Å². The quantitative estimate of drug-likeness (QED) is 0.744. The molecule has 0 aliphatic rings. The average molecular weight is 297 g/mol. The minimum atomic E-state index is 0.422. The zero-order chi connectivity index (χ0) is 14.0. The Hall–Kier alpha value is -0.670. The molecule has 19 heavy (non-hydrogen) atoms. The lowest BCUT2D eigenvalue weighted by Gasteiger charge is -2.16. The number of hydrogen-bond donors (Lipinski definition) is 0. The number of nitrogens with zero attached hydrogens (tertiary/aromatic N) is 2. The number of benzene rings is 1. The summed E-state index contributed by atoms with van der Waals surface area (Å²) in [7, 11) is 0. The minimum Gasteiger partial charge on any atom is -0.323 e. The predicted molar refractivity (Wildman–Crippen MR) is 86.5 cm³/mol. The van der Waals surface area contributed by atoms with Crippen molar-refractivity contribution in [3.05, 3.63) is 29.1 Å². The van der Waals surface area contributed by atoms with E-state index in [2.05, 4.69) is 49.4 Å². The Balaban J connectivity index is 2.53. The minimum absolute atomic E-state index is 0.422. The van der Waals surface area contributed by atoms with Crippen LogP contribution in [0.15, 0.2) is 12.1 Å². The highest BCUT2D eigenvalue weighted by atomic mass is 35.5. The Kier molecular flexibility index (Phi) is 4.80. The van der Waals surface area contributed by atoms with Crippen LogP contribution in [-0.4, -0.2) is 21.1 Å². The van der Waals surface area contributed by atoms with E-state index in [0.717, 1.165) is 22.8 Å². The monoisotopic (exact) mass is 296 g/mol. The van der Waals surface area contributed by atoms with Crippen LogP contribution < -0.4 is 0 Å². The number of rotatable bonds is 5. The van der Waals surface area contributed by atoms with E-state index < -0.39 is 0 Å². The van der Waals surface area contributed by atoms with Crippen molar-refractivity contribution in [1.29, 1.82) is 0 Å². The van der Waals surface area contributed by atoms with Gasteiger partial charge in [-0.15, -0.1) is 11.6 Å². The molecule has 1 atom stereocenters. The number of aromatic nitrogens is 2. The van der Waals surface area contributed by atoms with E-state index in [1.54, 1.807) is 0 Å². The second kappa shape index (κ2) is 6.19. The Morgan fingerprint density at radius 3 is 2.63 bits per heavy atom. The summed E-state index contributed by atoms with van der Waals surface area (Å²) in [4.78, 5) is 4.68. The van der Waals surface area contributed by atoms with Gasteiger partial charge in [-0.1, -0.05) is 6.92 Å². The first-order valence-electron chi connectivity index (χ1n) is 6.70. The van der Waals surface area contributed by atoms with Gasteiger partial charge in [-0.3, -0.25) is 0 Å². The molecule has 0 fully saturated rings. The standard InChI is InChI=1S/C15H21ClN2S/c1-5-19-9-12(4)18-14-7-11(3)10(2)6-13(14)17-15(18)8-16/h6-7,12H,5,8-9H2,1-4H3. The third-order valence-electron chi connectivity index (χ3n) is 3.50. The second-order valence-corrected chi connectivity index (χ2v) is 6.55. The van der Waals surface area contributed by atoms with Crippen LogP contribution in [0.5, 0.6) is 0 Å². The van der Waals surface area contributed by atoms with Crippen LogP contribution >= 0.6 is 23.4 Å². The second-order valence-electron chi connectivity index (χ2n) is 4.97. The fraction of sp³-hybridized carbons (Fsp3) is 0.533. The summed E-state index contributed by atoms with van der Waals surface area (Å²) in [5.74, 6) is 3.68. The maximum atomic E-state index is 6.07. The van der Waals surface area contributed by atoms with Crippen LogP contribution in [0.25, 0.3) is 11.0 Å². The summed E-state index contributed by atoms with van der Waals surface area (Å²) in [6.07, 6.45) is 0. The van der Waals surface area contributed by atoms with Crippen LogP contribution in [0, 0.1) is 13.8 Å². The lowest BCUT2D eigenvalue weighted by molar-refractivity contribution is 0.606. The zero-order valence-corrected chi connectivity index (χ0v) is 13.6. The van der Waals surface area contributed by atoms with Gasteiger partial charge in [0.05, 0.1) is 16.9 Å². The van der Waals surface area contributed by atoms with Crippen molar-refractivity contribution in [2.24, 2.45) is 0 Å². The van der Waals surface area contributed by atoms with E-state index in [9.17, 15) is 0 Å². The SMILES string of the molecule is CCSCC(C)n1c(CCl)nc2cc(C)c(C)cc21. The van der Waals surface area contributed by atoms with Crippen molar-refractivity contribution >= 4 is 34.4 Å². The van der Waals surface area contributed by atoms with E-state index in [4.69, 9.17) is 11.6 Å². The van der Waals surface area contributed by atoms with Gasteiger partial charge in [0.1, 0.15) is 5.82 Å². The van der Waals surface area contributed by atoms with Gasteiger partial charge in [0, 0.05) is 11.8 Å². The van der Waals surface area contributed by atoms with E-state index in [1.165, 1.54) is 16.6 Å². The third-order valence-corrected chi connectivity index (χ3v) is 4.87. The molecule has 4 heteroatoms. The molecule has 1 aromatic carbocycles. The first-order chi connectivity index (χ1) is 9.08. The molecule has 2 nitrogen and oxygen atoms in total. The highest BCUT2D eigenvalue weighted by Gasteiger charge is 2.16. The van der Waals surface area contributed by atoms with Crippen LogP contribution in [0.2, 0.25) is 0 Å². The molecule has 0 saturated carbocycles. The van der Waals surface area contributed by atoms with Crippen molar-refractivity contribution in [1.82, 2.24) is 9.55 Å². The van der Waals surface area contributed by atoms with Crippen molar-refractivity contribution in [2.75, 3.05) is 11.5 Å². The van der Waals surface area contributed by atoms with Gasteiger partial charge >= 0.3 is 0 Å². The summed E-state index contributed by atoms with van der Waals surface area (Å²) < 4.78 is 2.30. The largest absolute Gasteiger partial charge is 0.323 e. The van der Waals surface area contributed by atoms with Crippen molar-refractivity contribution in [3.8, 4) is 0 Å². The van der Waals surface area contributed by atoms with Crippen molar-refractivity contribution < 1.29 is 0 Å². The van der Waals surface area contributed by atoms with Crippen molar-refractivity contribution in [3.63, 3.8) is 0 Å². The molecule has 2 rings (SSSR count). The number of hydrogen-bond acceptors (Lipinski definition) is 2. The van der Waals surface area contributed by atoms with E-state index in [-0.39, 0.29) is 0 Å². The number of halogens is 1. The van der Waals surface area contributed by atoms with Crippen LogP contribution in [-0.2, 0) is 5.88 Å². The lowest BCUT2D eigenvalue weighted by Crippen LogP contribution is -2.11. The van der Waals surface area contributed by atoms with Gasteiger partial charge < -0.3 is 4.57 Å². The fourth-order valence-electron chi connectivity index (χ4n) is 2.35. The highest BCUT2D eigenvalue weighted by molar-refractivity contribution is 7.99. The Morgan fingerprint density at radius 2 is 2.00 bits per heavy atom. The molecular formula is C15H21ClN2S. The molecule has 0 bridgehead atoms. The summed E-state index contributed by atoms with van der Waals surface area (Å²) in [6.45, 7) is 8.72. The Morgan fingerprint density at radius 1 is 1.32 bits per heavy atom. The molecule has 2 aromatic rings. The maximum absolute atomic E-state index is 6.07. The molecule has 0 spiro atoms. The summed E-state index contributed by atoms with van der Waals surface area (Å²) in [5, 5.41) is 0. The fourth-order valence-corrected chi connectivity index (χ4v) is 3.26. The van der Waals surface area contributed by atoms with Gasteiger partial charge in [-0.25, -0.2) is 4.98 Å². The molecule has 1 heterocycles. The molecule has 0 saturated heterocycles. The molecule has 1 aromatic heterocycles. The number of thioether (sulfide) groups is 1. The maximum Gasteiger partial charge on any atom is 0.125 e. The van der Waals surface area contributed by atoms with Gasteiger partial charge in [-0.05, 0) is 49.8 Å². The molecule has 104 valence electrons. The lowest BCUT2D eigenvalue weighted by atomic mass is 10.1. The van der Waals surface area contributed by atoms with E-state index >= 15 is 0 Å². The summed E-state index contributed by atoms with van der Waals surface area (Å²) in [6, 6.07) is 4.82. The van der Waals surface area contributed by atoms with Gasteiger partial charge in [-0.2, -0.15) is 11.8 Å². The molecule has 0 amide bonds. The predicted octanol–water partition coefficient (Wildman–Crippen LogP) is 4.71.